The number of ether oxygens (including phenoxy) is 1. The highest BCUT2D eigenvalue weighted by Crippen LogP contribution is 2.31. The third-order valence-electron chi connectivity index (χ3n) is 3.58. The van der Waals surface area contributed by atoms with E-state index in [0.717, 1.165) is 24.6 Å². The molecule has 0 aliphatic heterocycles. The first-order chi connectivity index (χ1) is 12.8. The van der Waals surface area contributed by atoms with Crippen LogP contribution in [0.5, 0.6) is 0 Å². The molecule has 144 valence electrons. The van der Waals surface area contributed by atoms with Gasteiger partial charge in [-0.05, 0) is 30.2 Å². The zero-order chi connectivity index (χ0) is 19.9. The number of amides is 2. The number of alkyl halides is 3. The molecule has 0 bridgehead atoms. The van der Waals surface area contributed by atoms with Gasteiger partial charge >= 0.3 is 12.3 Å². The summed E-state index contributed by atoms with van der Waals surface area (Å²) in [5.41, 5.74) is 1.88. The van der Waals surface area contributed by atoms with Gasteiger partial charge in [-0.2, -0.15) is 18.2 Å². The normalized spacial score (nSPS) is 13.6. The lowest BCUT2D eigenvalue weighted by Gasteiger charge is -2.23. The second-order valence-electron chi connectivity index (χ2n) is 5.63. The van der Waals surface area contributed by atoms with Crippen molar-refractivity contribution in [2.45, 2.75) is 25.9 Å². The molecule has 0 atom stereocenters. The number of hydrazine groups is 1. The number of nitrogens with one attached hydrogen (secondary N) is 1. The van der Waals surface area contributed by atoms with E-state index in [1.54, 1.807) is 19.1 Å². The first-order valence-electron chi connectivity index (χ1n) is 8.27. The van der Waals surface area contributed by atoms with Crippen LogP contribution in [0.4, 0.5) is 23.7 Å². The number of hydrogen-bond acceptors (Lipinski definition) is 3. The fourth-order valence-corrected chi connectivity index (χ4v) is 2.17. The standard InChI is InChI=1S/C19H19F3N2O3/c1-2-17(25)23-24(16-11-7-10-15(12-16)19(20,21)22)18(26)27-13-14-8-5-3-4-6-9-14/h3,5-12H,2,4,13H2,1H3,(H,23,25). The molecule has 0 spiro atoms. The van der Waals surface area contributed by atoms with E-state index in [1.165, 1.54) is 6.07 Å². The summed E-state index contributed by atoms with van der Waals surface area (Å²) in [5.74, 6) is -0.541. The van der Waals surface area contributed by atoms with Crippen molar-refractivity contribution in [3.8, 4) is 0 Å². The fraction of sp³-hybridized carbons (Fsp3) is 0.263. The van der Waals surface area contributed by atoms with Gasteiger partial charge in [-0.3, -0.25) is 10.2 Å². The Morgan fingerprint density at radius 2 is 2.04 bits per heavy atom. The lowest BCUT2D eigenvalue weighted by atomic mass is 10.2. The number of halogens is 3. The Labute approximate surface area is 154 Å². The highest BCUT2D eigenvalue weighted by atomic mass is 19.4. The average Bonchev–Trinajstić information content (AvgIpc) is 2.92. The first-order valence-corrected chi connectivity index (χ1v) is 8.27. The van der Waals surface area contributed by atoms with Crippen LogP contribution >= 0.6 is 0 Å². The third-order valence-corrected chi connectivity index (χ3v) is 3.58. The highest BCUT2D eigenvalue weighted by Gasteiger charge is 2.31. The van der Waals surface area contributed by atoms with Crippen LogP contribution in [0.3, 0.4) is 0 Å². The van der Waals surface area contributed by atoms with Crippen molar-refractivity contribution in [1.82, 2.24) is 5.43 Å². The number of nitrogens with zero attached hydrogens (tertiary/aromatic N) is 1. The maximum Gasteiger partial charge on any atom is 0.433 e. The van der Waals surface area contributed by atoms with Gasteiger partial charge in [0, 0.05) is 6.42 Å². The van der Waals surface area contributed by atoms with Gasteiger partial charge in [0.2, 0.25) is 5.91 Å². The zero-order valence-electron chi connectivity index (χ0n) is 14.6. The Hall–Kier alpha value is -3.03. The predicted octanol–water partition coefficient (Wildman–Crippen LogP) is 4.53. The molecule has 0 saturated carbocycles. The van der Waals surface area contributed by atoms with E-state index < -0.39 is 23.7 Å². The molecule has 0 radical (unpaired) electrons. The molecular formula is C19H19F3N2O3. The van der Waals surface area contributed by atoms with Crippen LogP contribution in [0.25, 0.3) is 0 Å². The average molecular weight is 380 g/mol. The lowest BCUT2D eigenvalue weighted by Crippen LogP contribution is -2.46. The maximum atomic E-state index is 12.9. The Morgan fingerprint density at radius 3 is 2.74 bits per heavy atom. The molecule has 8 heteroatoms. The first kappa shape index (κ1) is 20.3. The zero-order valence-corrected chi connectivity index (χ0v) is 14.6. The summed E-state index contributed by atoms with van der Waals surface area (Å²) in [5, 5.41) is 0.678. The summed E-state index contributed by atoms with van der Waals surface area (Å²) in [6.45, 7) is 1.47. The summed E-state index contributed by atoms with van der Waals surface area (Å²) >= 11 is 0. The second-order valence-corrected chi connectivity index (χ2v) is 5.63. The quantitative estimate of drug-likeness (QED) is 0.781. The van der Waals surface area contributed by atoms with Crippen molar-refractivity contribution in [1.29, 1.82) is 0 Å². The van der Waals surface area contributed by atoms with Gasteiger partial charge in [0.1, 0.15) is 6.61 Å². The van der Waals surface area contributed by atoms with Crippen molar-refractivity contribution in [2.75, 3.05) is 11.6 Å². The molecule has 1 aliphatic rings. The van der Waals surface area contributed by atoms with Crippen molar-refractivity contribution in [2.24, 2.45) is 0 Å². The lowest BCUT2D eigenvalue weighted by molar-refractivity contribution is -0.137. The molecular weight excluding hydrogens is 361 g/mol. The minimum absolute atomic E-state index is 0.0431. The topological polar surface area (TPSA) is 58.6 Å². The fourth-order valence-electron chi connectivity index (χ4n) is 2.17. The number of carbonyl (C=O) groups is 2. The summed E-state index contributed by atoms with van der Waals surface area (Å²) in [6.07, 6.45) is 4.38. The van der Waals surface area contributed by atoms with Gasteiger partial charge in [-0.1, -0.05) is 43.4 Å². The predicted molar refractivity (Wildman–Crippen MR) is 94.7 cm³/mol. The Morgan fingerprint density at radius 1 is 1.26 bits per heavy atom. The van der Waals surface area contributed by atoms with Gasteiger partial charge < -0.3 is 4.74 Å². The Bertz CT molecular complexity index is 783. The van der Waals surface area contributed by atoms with Gasteiger partial charge in [0.25, 0.3) is 0 Å². The Kier molecular flexibility index (Phi) is 6.81. The van der Waals surface area contributed by atoms with Crippen LogP contribution in [0.1, 0.15) is 25.3 Å². The van der Waals surface area contributed by atoms with Crippen LogP contribution in [0, 0.1) is 0 Å². The molecule has 1 aromatic carbocycles. The molecule has 1 N–H and O–H groups in total. The minimum Gasteiger partial charge on any atom is -0.443 e. The molecule has 0 fully saturated rings. The molecule has 5 nitrogen and oxygen atoms in total. The molecule has 2 rings (SSSR count). The third kappa shape index (κ3) is 6.02. The number of anilines is 1. The Balaban J connectivity index is 2.20. The van der Waals surface area contributed by atoms with Gasteiger partial charge in [-0.15, -0.1) is 0 Å². The molecule has 0 saturated heterocycles. The molecule has 0 unspecified atom stereocenters. The number of rotatable bonds is 4. The van der Waals surface area contributed by atoms with E-state index in [9.17, 15) is 22.8 Å². The highest BCUT2D eigenvalue weighted by molar-refractivity contribution is 5.92. The molecule has 2 amide bonds. The monoisotopic (exact) mass is 380 g/mol. The second kappa shape index (κ2) is 9.07. The number of hydrogen-bond donors (Lipinski definition) is 1. The van der Waals surface area contributed by atoms with Gasteiger partial charge in [-0.25, -0.2) is 4.79 Å². The van der Waals surface area contributed by atoms with E-state index >= 15 is 0 Å². The van der Waals surface area contributed by atoms with Crippen LogP contribution in [-0.4, -0.2) is 18.6 Å². The SMILES string of the molecule is CCC(=O)NN(C(=O)OCC1=CC=CCC=C1)c1cccc(C(F)(F)F)c1. The van der Waals surface area contributed by atoms with E-state index in [4.69, 9.17) is 4.74 Å². The van der Waals surface area contributed by atoms with E-state index in [1.807, 2.05) is 18.2 Å². The van der Waals surface area contributed by atoms with Crippen LogP contribution < -0.4 is 10.4 Å². The molecule has 27 heavy (non-hydrogen) atoms. The number of allylic oxidation sites excluding steroid dienone is 4. The summed E-state index contributed by atoms with van der Waals surface area (Å²) < 4.78 is 44.0. The van der Waals surface area contributed by atoms with E-state index in [2.05, 4.69) is 5.43 Å². The summed E-state index contributed by atoms with van der Waals surface area (Å²) in [4.78, 5) is 24.1. The smallest absolute Gasteiger partial charge is 0.433 e. The number of carbonyl (C=O) groups excluding carboxylic acids is 2. The largest absolute Gasteiger partial charge is 0.443 e. The van der Waals surface area contributed by atoms with Crippen LogP contribution in [0.15, 0.2) is 60.2 Å². The van der Waals surface area contributed by atoms with Crippen LogP contribution in [-0.2, 0) is 15.7 Å². The van der Waals surface area contributed by atoms with Crippen molar-refractivity contribution >= 4 is 17.7 Å². The number of benzene rings is 1. The van der Waals surface area contributed by atoms with E-state index in [-0.39, 0.29) is 18.7 Å². The van der Waals surface area contributed by atoms with Crippen molar-refractivity contribution in [3.05, 3.63) is 65.8 Å². The minimum atomic E-state index is -4.58. The van der Waals surface area contributed by atoms with Crippen molar-refractivity contribution in [3.63, 3.8) is 0 Å². The summed E-state index contributed by atoms with van der Waals surface area (Å²) in [7, 11) is 0. The van der Waals surface area contributed by atoms with Crippen molar-refractivity contribution < 1.29 is 27.5 Å². The van der Waals surface area contributed by atoms with Gasteiger partial charge in [0.15, 0.2) is 0 Å². The van der Waals surface area contributed by atoms with Crippen LogP contribution in [0.2, 0.25) is 0 Å². The molecule has 1 aromatic rings. The van der Waals surface area contributed by atoms with E-state index in [0.29, 0.717) is 10.6 Å². The summed E-state index contributed by atoms with van der Waals surface area (Å²) in [6, 6.07) is 4.07. The maximum absolute atomic E-state index is 12.9. The van der Waals surface area contributed by atoms with Gasteiger partial charge in [0.05, 0.1) is 11.3 Å². The molecule has 0 aromatic heterocycles. The molecule has 0 heterocycles. The molecule has 1 aliphatic carbocycles.